The molecule has 15 heavy (non-hydrogen) atoms. The number of pyridine rings is 1. The summed E-state index contributed by atoms with van der Waals surface area (Å²) in [5.41, 5.74) is 0.0460. The maximum absolute atomic E-state index is 11.7. The van der Waals surface area contributed by atoms with Gasteiger partial charge in [0.05, 0.1) is 4.47 Å². The first-order valence-corrected chi connectivity index (χ1v) is 6.05. The van der Waals surface area contributed by atoms with Gasteiger partial charge < -0.3 is 9.47 Å². The van der Waals surface area contributed by atoms with Crippen LogP contribution in [-0.4, -0.2) is 29.1 Å². The number of halogens is 1. The van der Waals surface area contributed by atoms with E-state index in [4.69, 9.17) is 0 Å². The van der Waals surface area contributed by atoms with Crippen molar-refractivity contribution >= 4 is 15.9 Å². The Morgan fingerprint density at radius 3 is 2.67 bits per heavy atom. The van der Waals surface area contributed by atoms with Gasteiger partial charge in [-0.3, -0.25) is 4.79 Å². The van der Waals surface area contributed by atoms with Crippen LogP contribution in [0.4, 0.5) is 0 Å². The predicted octanol–water partition coefficient (Wildman–Crippen LogP) is 1.95. The average Bonchev–Trinajstić information content (AvgIpc) is 2.25. The third-order valence-electron chi connectivity index (χ3n) is 2.53. The Morgan fingerprint density at radius 1 is 1.40 bits per heavy atom. The fourth-order valence-corrected chi connectivity index (χ4v) is 1.85. The minimum Gasteiger partial charge on any atom is -0.313 e. The van der Waals surface area contributed by atoms with Crippen molar-refractivity contribution in [3.63, 3.8) is 0 Å². The summed E-state index contributed by atoms with van der Waals surface area (Å²) in [6, 6.07) is 3.66. The molecule has 0 atom stereocenters. The average molecular weight is 273 g/mol. The van der Waals surface area contributed by atoms with E-state index in [2.05, 4.69) is 34.7 Å². The van der Waals surface area contributed by atoms with Gasteiger partial charge >= 0.3 is 0 Å². The Hall–Kier alpha value is -0.610. The first kappa shape index (κ1) is 12.5. The lowest BCUT2D eigenvalue weighted by Crippen LogP contribution is -2.30. The van der Waals surface area contributed by atoms with E-state index in [0.717, 1.165) is 26.2 Å². The third kappa shape index (κ3) is 3.47. The predicted molar refractivity (Wildman–Crippen MR) is 66.2 cm³/mol. The molecule has 3 nitrogen and oxygen atoms in total. The Kier molecular flexibility index (Phi) is 5.05. The molecular weight excluding hydrogens is 256 g/mol. The molecule has 0 aliphatic rings. The maximum atomic E-state index is 11.7. The van der Waals surface area contributed by atoms with Gasteiger partial charge in [0, 0.05) is 19.3 Å². The summed E-state index contributed by atoms with van der Waals surface area (Å²) in [7, 11) is 0. The van der Waals surface area contributed by atoms with Crippen molar-refractivity contribution in [1.82, 2.24) is 9.47 Å². The summed E-state index contributed by atoms with van der Waals surface area (Å²) in [5, 5.41) is 0. The Morgan fingerprint density at radius 2 is 2.07 bits per heavy atom. The molecule has 84 valence electrons. The van der Waals surface area contributed by atoms with Crippen LogP contribution in [0.15, 0.2) is 27.6 Å². The standard InChI is InChI=1S/C11H17BrN2O/c1-3-13(4-2)8-9-14-7-5-6-10(12)11(14)15/h5-7H,3-4,8-9H2,1-2H3. The summed E-state index contributed by atoms with van der Waals surface area (Å²) in [6.07, 6.45) is 1.83. The Balaban J connectivity index is 2.65. The van der Waals surface area contributed by atoms with E-state index in [1.165, 1.54) is 0 Å². The van der Waals surface area contributed by atoms with Gasteiger partial charge in [-0.15, -0.1) is 0 Å². The molecule has 1 aromatic rings. The highest BCUT2D eigenvalue weighted by Gasteiger charge is 2.02. The highest BCUT2D eigenvalue weighted by molar-refractivity contribution is 9.10. The molecule has 1 rings (SSSR count). The number of hydrogen-bond acceptors (Lipinski definition) is 2. The van der Waals surface area contributed by atoms with E-state index < -0.39 is 0 Å². The normalized spacial score (nSPS) is 10.9. The lowest BCUT2D eigenvalue weighted by Gasteiger charge is -2.18. The van der Waals surface area contributed by atoms with Crippen molar-refractivity contribution in [3.05, 3.63) is 33.2 Å². The first-order valence-electron chi connectivity index (χ1n) is 5.26. The van der Waals surface area contributed by atoms with Crippen LogP contribution in [0.3, 0.4) is 0 Å². The van der Waals surface area contributed by atoms with Crippen molar-refractivity contribution in [2.45, 2.75) is 20.4 Å². The molecule has 0 N–H and O–H groups in total. The molecule has 0 aromatic carbocycles. The van der Waals surface area contributed by atoms with E-state index in [1.54, 1.807) is 10.6 Å². The SMILES string of the molecule is CCN(CC)CCn1cccc(Br)c1=O. The molecule has 0 bridgehead atoms. The van der Waals surface area contributed by atoms with Crippen LogP contribution in [-0.2, 0) is 6.54 Å². The van der Waals surface area contributed by atoms with E-state index in [9.17, 15) is 4.79 Å². The second kappa shape index (κ2) is 6.08. The summed E-state index contributed by atoms with van der Waals surface area (Å²) < 4.78 is 2.37. The van der Waals surface area contributed by atoms with Gasteiger partial charge in [-0.25, -0.2) is 0 Å². The lowest BCUT2D eigenvalue weighted by molar-refractivity contribution is 0.289. The quantitative estimate of drug-likeness (QED) is 0.819. The van der Waals surface area contributed by atoms with Crippen LogP contribution in [0.1, 0.15) is 13.8 Å². The zero-order chi connectivity index (χ0) is 11.3. The molecular formula is C11H17BrN2O. The third-order valence-corrected chi connectivity index (χ3v) is 3.13. The van der Waals surface area contributed by atoms with Crippen molar-refractivity contribution in [2.24, 2.45) is 0 Å². The number of hydrogen-bond donors (Lipinski definition) is 0. The van der Waals surface area contributed by atoms with E-state index in [1.807, 2.05) is 12.3 Å². The molecule has 1 heterocycles. The van der Waals surface area contributed by atoms with Gasteiger partial charge in [-0.05, 0) is 41.2 Å². The van der Waals surface area contributed by atoms with Gasteiger partial charge in [-0.2, -0.15) is 0 Å². The molecule has 0 spiro atoms. The van der Waals surface area contributed by atoms with Gasteiger partial charge in [0.1, 0.15) is 0 Å². The minimum absolute atomic E-state index is 0.0460. The number of likely N-dealkylation sites (N-methyl/N-ethyl adjacent to an activating group) is 1. The molecule has 4 heteroatoms. The van der Waals surface area contributed by atoms with Gasteiger partial charge in [0.15, 0.2) is 0 Å². The second-order valence-corrected chi connectivity index (χ2v) is 4.24. The van der Waals surface area contributed by atoms with Crippen LogP contribution in [0, 0.1) is 0 Å². The van der Waals surface area contributed by atoms with E-state index >= 15 is 0 Å². The fourth-order valence-electron chi connectivity index (χ4n) is 1.47. The molecule has 0 aliphatic heterocycles. The molecule has 0 radical (unpaired) electrons. The van der Waals surface area contributed by atoms with Crippen molar-refractivity contribution in [1.29, 1.82) is 0 Å². The minimum atomic E-state index is 0.0460. The number of aromatic nitrogens is 1. The smallest absolute Gasteiger partial charge is 0.264 e. The van der Waals surface area contributed by atoms with Crippen LogP contribution in [0.2, 0.25) is 0 Å². The van der Waals surface area contributed by atoms with Gasteiger partial charge in [0.2, 0.25) is 0 Å². The summed E-state index contributed by atoms with van der Waals surface area (Å²) in [6.45, 7) is 7.99. The van der Waals surface area contributed by atoms with Crippen LogP contribution in [0.25, 0.3) is 0 Å². The van der Waals surface area contributed by atoms with Crippen LogP contribution in [0.5, 0.6) is 0 Å². The molecule has 1 aromatic heterocycles. The number of rotatable bonds is 5. The summed E-state index contributed by atoms with van der Waals surface area (Å²) in [4.78, 5) is 14.0. The zero-order valence-electron chi connectivity index (χ0n) is 9.24. The summed E-state index contributed by atoms with van der Waals surface area (Å²) >= 11 is 3.24. The zero-order valence-corrected chi connectivity index (χ0v) is 10.8. The molecule has 0 unspecified atom stereocenters. The van der Waals surface area contributed by atoms with Gasteiger partial charge in [-0.1, -0.05) is 13.8 Å². The lowest BCUT2D eigenvalue weighted by atomic mass is 10.4. The highest BCUT2D eigenvalue weighted by Crippen LogP contribution is 2.00. The summed E-state index contributed by atoms with van der Waals surface area (Å²) in [5.74, 6) is 0. The van der Waals surface area contributed by atoms with E-state index in [0.29, 0.717) is 4.47 Å². The first-order chi connectivity index (χ1) is 7.19. The highest BCUT2D eigenvalue weighted by atomic mass is 79.9. The van der Waals surface area contributed by atoms with Crippen LogP contribution >= 0.6 is 15.9 Å². The van der Waals surface area contributed by atoms with Gasteiger partial charge in [0.25, 0.3) is 5.56 Å². The number of nitrogens with zero attached hydrogens (tertiary/aromatic N) is 2. The maximum Gasteiger partial charge on any atom is 0.264 e. The van der Waals surface area contributed by atoms with Crippen LogP contribution < -0.4 is 5.56 Å². The molecule has 0 aliphatic carbocycles. The van der Waals surface area contributed by atoms with E-state index in [-0.39, 0.29) is 5.56 Å². The molecule has 0 fully saturated rings. The van der Waals surface area contributed by atoms with Crippen molar-refractivity contribution < 1.29 is 0 Å². The monoisotopic (exact) mass is 272 g/mol. The molecule has 0 saturated carbocycles. The largest absolute Gasteiger partial charge is 0.313 e. The van der Waals surface area contributed by atoms with Crippen molar-refractivity contribution in [3.8, 4) is 0 Å². The Labute approximate surface area is 98.8 Å². The molecule has 0 amide bonds. The topological polar surface area (TPSA) is 25.2 Å². The molecule has 0 saturated heterocycles. The van der Waals surface area contributed by atoms with Crippen molar-refractivity contribution in [2.75, 3.05) is 19.6 Å². The second-order valence-electron chi connectivity index (χ2n) is 3.38. The Bertz CT molecular complexity index is 358. The fraction of sp³-hybridized carbons (Fsp3) is 0.545.